The van der Waals surface area contributed by atoms with Crippen LogP contribution in [0.3, 0.4) is 0 Å². The number of anilines is 1. The molecule has 0 aliphatic rings. The molecule has 110 valence electrons. The molecule has 2 amide bonds. The van der Waals surface area contributed by atoms with Gasteiger partial charge in [0.25, 0.3) is 0 Å². The van der Waals surface area contributed by atoms with Gasteiger partial charge in [-0.2, -0.15) is 0 Å². The summed E-state index contributed by atoms with van der Waals surface area (Å²) in [5.74, 6) is -0.881. The molecule has 2 rings (SSSR count). The summed E-state index contributed by atoms with van der Waals surface area (Å²) in [7, 11) is 0. The number of hydrogen-bond donors (Lipinski definition) is 5. The number of aromatic amines is 2. The number of carbonyl (C=O) groups excluding carboxylic acids is 2. The number of H-pyrrole nitrogens is 2. The molecule has 21 heavy (non-hydrogen) atoms. The summed E-state index contributed by atoms with van der Waals surface area (Å²) in [6, 6.07) is 4.59. The van der Waals surface area contributed by atoms with Crippen LogP contribution in [-0.4, -0.2) is 34.9 Å². The number of benzene rings is 1. The molecular weight excluding hydrogens is 278 g/mol. The number of nitrogens with one attached hydrogen (secondary N) is 4. The van der Waals surface area contributed by atoms with E-state index in [-0.39, 0.29) is 13.1 Å². The van der Waals surface area contributed by atoms with E-state index in [1.54, 1.807) is 12.1 Å². The number of amides is 2. The summed E-state index contributed by atoms with van der Waals surface area (Å²) < 4.78 is 0. The molecule has 0 spiro atoms. The number of nitrogens with two attached hydrogens (primary N) is 1. The summed E-state index contributed by atoms with van der Waals surface area (Å²) in [6.45, 7) is -0.409. The van der Waals surface area contributed by atoms with Crippen molar-refractivity contribution in [3.63, 3.8) is 0 Å². The molecule has 0 unspecified atom stereocenters. The molecule has 1 aromatic heterocycles. The maximum absolute atomic E-state index is 11.6. The summed E-state index contributed by atoms with van der Waals surface area (Å²) in [5.41, 5.74) is 4.80. The second-order valence-electron chi connectivity index (χ2n) is 4.20. The first-order valence-electron chi connectivity index (χ1n) is 6.02. The van der Waals surface area contributed by atoms with Crippen molar-refractivity contribution in [2.45, 2.75) is 0 Å². The molecule has 0 atom stereocenters. The highest BCUT2D eigenvalue weighted by Gasteiger charge is 2.06. The molecule has 2 aromatic rings. The van der Waals surface area contributed by atoms with Gasteiger partial charge in [-0.3, -0.25) is 19.2 Å². The van der Waals surface area contributed by atoms with Crippen molar-refractivity contribution in [2.24, 2.45) is 5.73 Å². The van der Waals surface area contributed by atoms with Gasteiger partial charge in [-0.15, -0.1) is 0 Å². The highest BCUT2D eigenvalue weighted by atomic mass is 16.2. The number of carbonyl (C=O) groups is 2. The summed E-state index contributed by atoms with van der Waals surface area (Å²) in [5, 5.41) is 4.86. The van der Waals surface area contributed by atoms with Gasteiger partial charge in [0.1, 0.15) is 0 Å². The van der Waals surface area contributed by atoms with E-state index in [1.165, 1.54) is 6.07 Å². The zero-order valence-electron chi connectivity index (χ0n) is 10.9. The Hall–Kier alpha value is -2.94. The van der Waals surface area contributed by atoms with Crippen molar-refractivity contribution in [2.75, 3.05) is 18.4 Å². The predicted octanol–water partition coefficient (Wildman–Crippen LogP) is -1.77. The number of fused-ring (bicyclic) bond motifs is 1. The Balaban J connectivity index is 2.14. The SMILES string of the molecule is NCC(=O)NCC(=O)Nc1ccc2[nH]c(=O)c(=O)[nH]c2c1. The van der Waals surface area contributed by atoms with Gasteiger partial charge in [0.05, 0.1) is 24.1 Å². The lowest BCUT2D eigenvalue weighted by Crippen LogP contribution is -2.36. The molecule has 0 saturated heterocycles. The zero-order valence-corrected chi connectivity index (χ0v) is 10.9. The normalized spacial score (nSPS) is 10.3. The van der Waals surface area contributed by atoms with Crippen molar-refractivity contribution in [1.82, 2.24) is 15.3 Å². The second-order valence-corrected chi connectivity index (χ2v) is 4.20. The van der Waals surface area contributed by atoms with Gasteiger partial charge in [-0.05, 0) is 18.2 Å². The van der Waals surface area contributed by atoms with Crippen LogP contribution in [0.4, 0.5) is 5.69 Å². The summed E-state index contributed by atoms with van der Waals surface area (Å²) in [6.07, 6.45) is 0. The molecule has 9 heteroatoms. The molecule has 0 bridgehead atoms. The molecule has 0 saturated carbocycles. The molecule has 9 nitrogen and oxygen atoms in total. The first-order chi connectivity index (χ1) is 9.99. The van der Waals surface area contributed by atoms with Crippen LogP contribution >= 0.6 is 0 Å². The third-order valence-corrected chi connectivity index (χ3v) is 2.64. The van der Waals surface area contributed by atoms with Crippen LogP contribution in [-0.2, 0) is 9.59 Å². The third kappa shape index (κ3) is 3.54. The van der Waals surface area contributed by atoms with E-state index in [2.05, 4.69) is 20.6 Å². The van der Waals surface area contributed by atoms with Gasteiger partial charge in [-0.1, -0.05) is 0 Å². The Morgan fingerprint density at radius 2 is 1.71 bits per heavy atom. The van der Waals surface area contributed by atoms with Crippen molar-refractivity contribution in [1.29, 1.82) is 0 Å². The summed E-state index contributed by atoms with van der Waals surface area (Å²) in [4.78, 5) is 49.7. The fourth-order valence-electron chi connectivity index (χ4n) is 1.65. The van der Waals surface area contributed by atoms with Crippen LogP contribution < -0.4 is 27.5 Å². The van der Waals surface area contributed by atoms with Crippen molar-refractivity contribution in [3.8, 4) is 0 Å². The minimum atomic E-state index is -0.777. The van der Waals surface area contributed by atoms with Crippen LogP contribution in [0.5, 0.6) is 0 Å². The van der Waals surface area contributed by atoms with E-state index in [0.717, 1.165) is 0 Å². The molecular formula is C12H13N5O4. The maximum Gasteiger partial charge on any atom is 0.314 e. The van der Waals surface area contributed by atoms with Crippen LogP contribution in [0.15, 0.2) is 27.8 Å². The van der Waals surface area contributed by atoms with Crippen molar-refractivity contribution < 1.29 is 9.59 Å². The molecule has 0 aliphatic carbocycles. The molecule has 0 fully saturated rings. The van der Waals surface area contributed by atoms with E-state index in [0.29, 0.717) is 16.7 Å². The average molecular weight is 291 g/mol. The van der Waals surface area contributed by atoms with E-state index >= 15 is 0 Å². The van der Waals surface area contributed by atoms with Crippen LogP contribution in [0.1, 0.15) is 0 Å². The van der Waals surface area contributed by atoms with Gasteiger partial charge in [-0.25, -0.2) is 0 Å². The Labute approximate surface area is 117 Å². The number of aromatic nitrogens is 2. The molecule has 1 aromatic carbocycles. The zero-order chi connectivity index (χ0) is 15.4. The van der Waals surface area contributed by atoms with E-state index in [1.807, 2.05) is 0 Å². The fraction of sp³-hybridized carbons (Fsp3) is 0.167. The van der Waals surface area contributed by atoms with E-state index in [9.17, 15) is 19.2 Å². The summed E-state index contributed by atoms with van der Waals surface area (Å²) >= 11 is 0. The number of hydrogen-bond acceptors (Lipinski definition) is 5. The largest absolute Gasteiger partial charge is 0.346 e. The van der Waals surface area contributed by atoms with Gasteiger partial charge in [0, 0.05) is 5.69 Å². The van der Waals surface area contributed by atoms with Crippen molar-refractivity contribution >= 4 is 28.5 Å². The minimum Gasteiger partial charge on any atom is -0.346 e. The fourth-order valence-corrected chi connectivity index (χ4v) is 1.65. The lowest BCUT2D eigenvalue weighted by atomic mass is 10.2. The van der Waals surface area contributed by atoms with Gasteiger partial charge < -0.3 is 26.3 Å². The van der Waals surface area contributed by atoms with Crippen LogP contribution in [0.25, 0.3) is 11.0 Å². The lowest BCUT2D eigenvalue weighted by Gasteiger charge is -2.07. The smallest absolute Gasteiger partial charge is 0.314 e. The molecule has 1 heterocycles. The van der Waals surface area contributed by atoms with E-state index < -0.39 is 22.9 Å². The Kier molecular flexibility index (Phi) is 4.14. The second kappa shape index (κ2) is 6.01. The van der Waals surface area contributed by atoms with Crippen LogP contribution in [0, 0.1) is 0 Å². The first-order valence-corrected chi connectivity index (χ1v) is 6.02. The maximum atomic E-state index is 11.6. The standard InChI is InChI=1S/C12H13N5O4/c13-4-9(18)14-5-10(19)15-6-1-2-7-8(3-6)17-12(21)11(20)16-7/h1-3H,4-5,13H2,(H,14,18)(H,15,19)(H,16,20)(H,17,21). The Morgan fingerprint density at radius 1 is 1.05 bits per heavy atom. The number of rotatable bonds is 4. The molecule has 0 radical (unpaired) electrons. The predicted molar refractivity (Wildman–Crippen MR) is 75.9 cm³/mol. The highest BCUT2D eigenvalue weighted by molar-refractivity contribution is 5.96. The Bertz CT molecular complexity index is 807. The van der Waals surface area contributed by atoms with E-state index in [4.69, 9.17) is 5.73 Å². The minimum absolute atomic E-state index is 0.197. The van der Waals surface area contributed by atoms with Gasteiger partial charge in [0.15, 0.2) is 0 Å². The average Bonchev–Trinajstić information content (AvgIpc) is 2.46. The Morgan fingerprint density at radius 3 is 2.38 bits per heavy atom. The van der Waals surface area contributed by atoms with Gasteiger partial charge >= 0.3 is 11.1 Å². The molecule has 6 N–H and O–H groups in total. The first kappa shape index (κ1) is 14.5. The lowest BCUT2D eigenvalue weighted by molar-refractivity contribution is -0.123. The quantitative estimate of drug-likeness (QED) is 0.422. The van der Waals surface area contributed by atoms with Gasteiger partial charge in [0.2, 0.25) is 11.8 Å². The monoisotopic (exact) mass is 291 g/mol. The highest BCUT2D eigenvalue weighted by Crippen LogP contribution is 2.13. The topological polar surface area (TPSA) is 150 Å². The van der Waals surface area contributed by atoms with Crippen LogP contribution in [0.2, 0.25) is 0 Å². The third-order valence-electron chi connectivity index (χ3n) is 2.64. The molecule has 0 aliphatic heterocycles. The van der Waals surface area contributed by atoms with Crippen molar-refractivity contribution in [3.05, 3.63) is 38.9 Å².